The monoisotopic (exact) mass is 258 g/mol. The van der Waals surface area contributed by atoms with Crippen LogP contribution < -0.4 is 0 Å². The number of hydrogen-bond donors (Lipinski definition) is 0. The molecule has 0 aromatic heterocycles. The molecule has 0 aliphatic heterocycles. The minimum absolute atomic E-state index is 0.482. The molecule has 0 aromatic rings. The highest BCUT2D eigenvalue weighted by molar-refractivity contribution is 5.59. The van der Waals surface area contributed by atoms with Gasteiger partial charge in [-0.3, -0.25) is 0 Å². The normalized spacial score (nSPS) is 11.0. The maximum atomic E-state index is 11.3. The Bertz CT molecular complexity index is 176. The Balaban J connectivity index is 3.54. The second-order valence-corrected chi connectivity index (χ2v) is 4.89. The van der Waals surface area contributed by atoms with Crippen molar-refractivity contribution in [2.24, 2.45) is 11.8 Å². The summed E-state index contributed by atoms with van der Waals surface area (Å²) in [6.45, 7) is 9.64. The fourth-order valence-electron chi connectivity index (χ4n) is 2.05. The van der Waals surface area contributed by atoms with Crippen LogP contribution in [-0.2, 0) is 9.47 Å². The molecule has 108 valence electrons. The van der Waals surface area contributed by atoms with Crippen molar-refractivity contribution >= 4 is 6.16 Å². The standard InChI is InChI=1S/C15H30O3/c1-5-13(6-2)9-11-17-15(16)18-12-10-14(7-3)8-4/h13-14H,5-12H2,1-4H3. The quantitative estimate of drug-likeness (QED) is 0.528. The molecule has 0 N–H and O–H groups in total. The van der Waals surface area contributed by atoms with Crippen LogP contribution in [0.4, 0.5) is 4.79 Å². The first-order valence-corrected chi connectivity index (χ1v) is 7.47. The summed E-state index contributed by atoms with van der Waals surface area (Å²) in [4.78, 5) is 11.3. The highest BCUT2D eigenvalue weighted by Crippen LogP contribution is 2.13. The van der Waals surface area contributed by atoms with Gasteiger partial charge in [0.15, 0.2) is 0 Å². The van der Waals surface area contributed by atoms with E-state index in [1.54, 1.807) is 0 Å². The van der Waals surface area contributed by atoms with E-state index < -0.39 is 6.16 Å². The van der Waals surface area contributed by atoms with Gasteiger partial charge < -0.3 is 9.47 Å². The zero-order valence-electron chi connectivity index (χ0n) is 12.5. The van der Waals surface area contributed by atoms with Gasteiger partial charge >= 0.3 is 6.16 Å². The van der Waals surface area contributed by atoms with Gasteiger partial charge in [-0.05, 0) is 24.7 Å². The highest BCUT2D eigenvalue weighted by atomic mass is 16.7. The molecule has 0 aromatic carbocycles. The van der Waals surface area contributed by atoms with Gasteiger partial charge in [-0.2, -0.15) is 0 Å². The van der Waals surface area contributed by atoms with E-state index in [-0.39, 0.29) is 0 Å². The van der Waals surface area contributed by atoms with Gasteiger partial charge in [-0.15, -0.1) is 0 Å². The minimum atomic E-state index is -0.507. The number of rotatable bonds is 10. The zero-order valence-corrected chi connectivity index (χ0v) is 12.5. The van der Waals surface area contributed by atoms with Gasteiger partial charge in [-0.1, -0.05) is 53.4 Å². The summed E-state index contributed by atoms with van der Waals surface area (Å²) in [5.74, 6) is 1.31. The first kappa shape index (κ1) is 17.3. The first-order chi connectivity index (χ1) is 8.67. The van der Waals surface area contributed by atoms with Crippen molar-refractivity contribution in [3.05, 3.63) is 0 Å². The summed E-state index contributed by atoms with van der Waals surface area (Å²) >= 11 is 0. The molecule has 0 bridgehead atoms. The van der Waals surface area contributed by atoms with Crippen molar-refractivity contribution in [1.29, 1.82) is 0 Å². The van der Waals surface area contributed by atoms with Crippen molar-refractivity contribution < 1.29 is 14.3 Å². The Hall–Kier alpha value is -0.730. The van der Waals surface area contributed by atoms with E-state index in [9.17, 15) is 4.79 Å². The van der Waals surface area contributed by atoms with Gasteiger partial charge in [0.25, 0.3) is 0 Å². The van der Waals surface area contributed by atoms with E-state index >= 15 is 0 Å². The highest BCUT2D eigenvalue weighted by Gasteiger charge is 2.09. The molecule has 0 rings (SSSR count). The molecule has 0 aliphatic carbocycles. The summed E-state index contributed by atoms with van der Waals surface area (Å²) < 4.78 is 10.1. The average Bonchev–Trinajstić information content (AvgIpc) is 2.40. The van der Waals surface area contributed by atoms with Crippen LogP contribution in [0.5, 0.6) is 0 Å². The maximum absolute atomic E-state index is 11.3. The van der Waals surface area contributed by atoms with Crippen LogP contribution in [-0.4, -0.2) is 19.4 Å². The smallest absolute Gasteiger partial charge is 0.434 e. The van der Waals surface area contributed by atoms with Crippen LogP contribution in [0.1, 0.15) is 66.2 Å². The van der Waals surface area contributed by atoms with Crippen molar-refractivity contribution in [1.82, 2.24) is 0 Å². The van der Waals surface area contributed by atoms with Gasteiger partial charge in [0, 0.05) is 0 Å². The lowest BCUT2D eigenvalue weighted by Gasteiger charge is -2.13. The molecule has 0 radical (unpaired) electrons. The lowest BCUT2D eigenvalue weighted by molar-refractivity contribution is 0.0473. The summed E-state index contributed by atoms with van der Waals surface area (Å²) in [5, 5.41) is 0. The third-order valence-corrected chi connectivity index (χ3v) is 3.80. The van der Waals surface area contributed by atoms with Gasteiger partial charge in [0.2, 0.25) is 0 Å². The summed E-state index contributed by atoms with van der Waals surface area (Å²) in [7, 11) is 0. The molecule has 0 saturated heterocycles. The summed E-state index contributed by atoms with van der Waals surface area (Å²) in [6.07, 6.45) is 5.94. The summed E-state index contributed by atoms with van der Waals surface area (Å²) in [5.41, 5.74) is 0. The zero-order chi connectivity index (χ0) is 13.8. The number of carbonyl (C=O) groups excluding carboxylic acids is 1. The second kappa shape index (κ2) is 11.4. The molecule has 0 aliphatic rings. The van der Waals surface area contributed by atoms with Crippen molar-refractivity contribution in [2.45, 2.75) is 66.2 Å². The van der Waals surface area contributed by atoms with Crippen LogP contribution in [0.15, 0.2) is 0 Å². The SMILES string of the molecule is CCC(CC)CCOC(=O)OCCC(CC)CC. The molecule has 3 nitrogen and oxygen atoms in total. The lowest BCUT2D eigenvalue weighted by atomic mass is 10.0. The molecule has 0 fully saturated rings. The van der Waals surface area contributed by atoms with E-state index in [2.05, 4.69) is 27.7 Å². The summed E-state index contributed by atoms with van der Waals surface area (Å²) in [6, 6.07) is 0. The fourth-order valence-corrected chi connectivity index (χ4v) is 2.05. The Morgan fingerprint density at radius 1 is 0.778 bits per heavy atom. The van der Waals surface area contributed by atoms with Crippen LogP contribution >= 0.6 is 0 Å². The number of ether oxygens (including phenoxy) is 2. The minimum Gasteiger partial charge on any atom is -0.434 e. The van der Waals surface area contributed by atoms with Crippen LogP contribution in [0, 0.1) is 11.8 Å². The van der Waals surface area contributed by atoms with Gasteiger partial charge in [0.1, 0.15) is 0 Å². The third-order valence-electron chi connectivity index (χ3n) is 3.80. The Kier molecular flexibility index (Phi) is 10.9. The predicted molar refractivity (Wildman–Crippen MR) is 74.7 cm³/mol. The predicted octanol–water partition coefficient (Wildman–Crippen LogP) is 4.79. The molecule has 0 heterocycles. The third kappa shape index (κ3) is 8.37. The van der Waals surface area contributed by atoms with Crippen LogP contribution in [0.25, 0.3) is 0 Å². The van der Waals surface area contributed by atoms with E-state index in [0.717, 1.165) is 38.5 Å². The van der Waals surface area contributed by atoms with E-state index in [0.29, 0.717) is 25.0 Å². The molecule has 3 heteroatoms. The topological polar surface area (TPSA) is 35.5 Å². The number of carbonyl (C=O) groups is 1. The van der Waals surface area contributed by atoms with Crippen molar-refractivity contribution in [3.63, 3.8) is 0 Å². The molecule has 0 unspecified atom stereocenters. The molecule has 0 amide bonds. The van der Waals surface area contributed by atoms with Crippen molar-refractivity contribution in [3.8, 4) is 0 Å². The fraction of sp³-hybridized carbons (Fsp3) is 0.933. The molecule has 0 spiro atoms. The maximum Gasteiger partial charge on any atom is 0.508 e. The molecule has 0 atom stereocenters. The van der Waals surface area contributed by atoms with Gasteiger partial charge in [-0.25, -0.2) is 4.79 Å². The average molecular weight is 258 g/mol. The van der Waals surface area contributed by atoms with E-state index in [1.165, 1.54) is 0 Å². The molecule has 0 saturated carbocycles. The molecule has 18 heavy (non-hydrogen) atoms. The number of hydrogen-bond acceptors (Lipinski definition) is 3. The van der Waals surface area contributed by atoms with Crippen LogP contribution in [0.2, 0.25) is 0 Å². The first-order valence-electron chi connectivity index (χ1n) is 7.47. The van der Waals surface area contributed by atoms with Crippen LogP contribution in [0.3, 0.4) is 0 Å². The largest absolute Gasteiger partial charge is 0.508 e. The Morgan fingerprint density at radius 2 is 1.11 bits per heavy atom. The van der Waals surface area contributed by atoms with Gasteiger partial charge in [0.05, 0.1) is 13.2 Å². The molecular weight excluding hydrogens is 228 g/mol. The Labute approximate surface area is 112 Å². The lowest BCUT2D eigenvalue weighted by Crippen LogP contribution is -2.13. The second-order valence-electron chi connectivity index (χ2n) is 4.89. The molecular formula is C15H30O3. The van der Waals surface area contributed by atoms with E-state index in [1.807, 2.05) is 0 Å². The Morgan fingerprint density at radius 3 is 1.39 bits per heavy atom. The van der Waals surface area contributed by atoms with Crippen molar-refractivity contribution in [2.75, 3.05) is 13.2 Å². The van der Waals surface area contributed by atoms with E-state index in [4.69, 9.17) is 9.47 Å².